The van der Waals surface area contributed by atoms with Crippen LogP contribution in [0.1, 0.15) is 36.8 Å². The lowest BCUT2D eigenvalue weighted by Gasteiger charge is -2.35. The number of piperidine rings is 1. The summed E-state index contributed by atoms with van der Waals surface area (Å²) in [6.45, 7) is 7.02. The lowest BCUT2D eigenvalue weighted by atomic mass is 10.00. The zero-order chi connectivity index (χ0) is 14.4. The molecule has 0 bridgehead atoms. The van der Waals surface area contributed by atoms with Gasteiger partial charge in [0.25, 0.3) is 0 Å². The minimum absolute atomic E-state index is 0.325. The number of hydrogen-bond donors (Lipinski definition) is 1. The predicted molar refractivity (Wildman–Crippen MR) is 87.6 cm³/mol. The Morgan fingerprint density at radius 2 is 2.10 bits per heavy atom. The molecule has 1 heterocycles. The molecule has 1 aliphatic heterocycles. The Morgan fingerprint density at radius 1 is 1.25 bits per heavy atom. The van der Waals surface area contributed by atoms with Gasteiger partial charge in [0.1, 0.15) is 0 Å². The Morgan fingerprint density at radius 3 is 2.85 bits per heavy atom. The maximum Gasteiger partial charge on any atom is 0.0445 e. The standard InChI is InChI=1S/C17H27NOS/c1-14-6-7-17(13-15(14)2)20-12-10-18-9-4-3-5-16(18)8-11-19/h6-7,13,16,19H,3-5,8-12H2,1-2H3. The Bertz CT molecular complexity index is 419. The number of likely N-dealkylation sites (tertiary alicyclic amines) is 1. The van der Waals surface area contributed by atoms with Crippen molar-refractivity contribution in [3.05, 3.63) is 29.3 Å². The van der Waals surface area contributed by atoms with Crippen LogP contribution in [0.15, 0.2) is 23.1 Å². The second kappa shape index (κ2) is 8.06. The van der Waals surface area contributed by atoms with Gasteiger partial charge in [-0.3, -0.25) is 4.90 Å². The van der Waals surface area contributed by atoms with Gasteiger partial charge in [-0.1, -0.05) is 12.5 Å². The van der Waals surface area contributed by atoms with Crippen LogP contribution >= 0.6 is 11.8 Å². The fourth-order valence-corrected chi connectivity index (χ4v) is 3.90. The highest BCUT2D eigenvalue weighted by atomic mass is 32.2. The Hall–Kier alpha value is -0.510. The quantitative estimate of drug-likeness (QED) is 0.810. The molecule has 1 aromatic rings. The Kier molecular flexibility index (Phi) is 6.40. The summed E-state index contributed by atoms with van der Waals surface area (Å²) in [5.41, 5.74) is 2.75. The molecule has 0 saturated carbocycles. The van der Waals surface area contributed by atoms with Crippen LogP contribution in [0.25, 0.3) is 0 Å². The second-order valence-corrected chi connectivity index (χ2v) is 6.96. The summed E-state index contributed by atoms with van der Waals surface area (Å²) in [7, 11) is 0. The summed E-state index contributed by atoms with van der Waals surface area (Å²) in [4.78, 5) is 3.96. The minimum Gasteiger partial charge on any atom is -0.396 e. The number of benzene rings is 1. The lowest BCUT2D eigenvalue weighted by molar-refractivity contribution is 0.126. The van der Waals surface area contributed by atoms with Crippen molar-refractivity contribution in [1.82, 2.24) is 4.90 Å². The Labute approximate surface area is 127 Å². The summed E-state index contributed by atoms with van der Waals surface area (Å²) >= 11 is 1.95. The molecule has 1 atom stereocenters. The molecule has 112 valence electrons. The van der Waals surface area contributed by atoms with Gasteiger partial charge in [0.15, 0.2) is 0 Å². The maximum atomic E-state index is 9.16. The van der Waals surface area contributed by atoms with Gasteiger partial charge in [-0.05, 0) is 62.9 Å². The third kappa shape index (κ3) is 4.51. The lowest BCUT2D eigenvalue weighted by Crippen LogP contribution is -2.41. The third-order valence-corrected chi connectivity index (χ3v) is 5.31. The van der Waals surface area contributed by atoms with Crippen molar-refractivity contribution in [3.8, 4) is 0 Å². The van der Waals surface area contributed by atoms with Crippen LogP contribution in [0.2, 0.25) is 0 Å². The van der Waals surface area contributed by atoms with E-state index in [9.17, 15) is 0 Å². The van der Waals surface area contributed by atoms with Gasteiger partial charge in [-0.15, -0.1) is 11.8 Å². The van der Waals surface area contributed by atoms with Gasteiger partial charge < -0.3 is 5.11 Å². The number of aliphatic hydroxyl groups excluding tert-OH is 1. The van der Waals surface area contributed by atoms with Gasteiger partial charge in [-0.25, -0.2) is 0 Å². The summed E-state index contributed by atoms with van der Waals surface area (Å²) in [6, 6.07) is 7.34. The number of hydrogen-bond acceptors (Lipinski definition) is 3. The molecule has 20 heavy (non-hydrogen) atoms. The Balaban J connectivity index is 1.80. The fourth-order valence-electron chi connectivity index (χ4n) is 2.91. The van der Waals surface area contributed by atoms with Crippen molar-refractivity contribution in [3.63, 3.8) is 0 Å². The van der Waals surface area contributed by atoms with E-state index in [1.54, 1.807) is 0 Å². The molecule has 2 rings (SSSR count). The predicted octanol–water partition coefficient (Wildman–Crippen LogP) is 3.63. The first-order chi connectivity index (χ1) is 9.70. The summed E-state index contributed by atoms with van der Waals surface area (Å²) < 4.78 is 0. The zero-order valence-corrected chi connectivity index (χ0v) is 13.6. The monoisotopic (exact) mass is 293 g/mol. The van der Waals surface area contributed by atoms with E-state index in [0.29, 0.717) is 12.6 Å². The first kappa shape index (κ1) is 15.9. The molecule has 0 aromatic heterocycles. The minimum atomic E-state index is 0.325. The van der Waals surface area contributed by atoms with Crippen LogP contribution in [0, 0.1) is 13.8 Å². The van der Waals surface area contributed by atoms with Gasteiger partial charge in [0, 0.05) is 29.8 Å². The van der Waals surface area contributed by atoms with Crippen LogP contribution < -0.4 is 0 Å². The van der Waals surface area contributed by atoms with Crippen molar-refractivity contribution in [2.75, 3.05) is 25.4 Å². The van der Waals surface area contributed by atoms with Crippen molar-refractivity contribution in [2.45, 2.75) is 50.5 Å². The number of aryl methyl sites for hydroxylation is 2. The highest BCUT2D eigenvalue weighted by Gasteiger charge is 2.21. The molecule has 2 nitrogen and oxygen atoms in total. The molecule has 1 saturated heterocycles. The van der Waals surface area contributed by atoms with Crippen LogP contribution in [0.3, 0.4) is 0 Å². The molecule has 0 aliphatic carbocycles. The normalized spacial score (nSPS) is 20.2. The first-order valence-corrected chi connectivity index (χ1v) is 8.74. The van der Waals surface area contributed by atoms with Gasteiger partial charge in [0.05, 0.1) is 0 Å². The second-order valence-electron chi connectivity index (χ2n) is 5.79. The van der Waals surface area contributed by atoms with E-state index in [1.165, 1.54) is 41.8 Å². The largest absolute Gasteiger partial charge is 0.396 e. The number of aliphatic hydroxyl groups is 1. The molecule has 0 spiro atoms. The molecular formula is C17H27NOS. The highest BCUT2D eigenvalue weighted by molar-refractivity contribution is 7.99. The molecule has 1 unspecified atom stereocenters. The highest BCUT2D eigenvalue weighted by Crippen LogP contribution is 2.23. The first-order valence-electron chi connectivity index (χ1n) is 7.75. The van der Waals surface area contributed by atoms with E-state index >= 15 is 0 Å². The topological polar surface area (TPSA) is 23.5 Å². The molecular weight excluding hydrogens is 266 g/mol. The van der Waals surface area contributed by atoms with E-state index in [0.717, 1.165) is 18.7 Å². The smallest absolute Gasteiger partial charge is 0.0445 e. The van der Waals surface area contributed by atoms with Gasteiger partial charge >= 0.3 is 0 Å². The van der Waals surface area contributed by atoms with Gasteiger partial charge in [0.2, 0.25) is 0 Å². The molecule has 1 fully saturated rings. The fraction of sp³-hybridized carbons (Fsp3) is 0.647. The SMILES string of the molecule is Cc1ccc(SCCN2CCCCC2CCO)cc1C. The molecule has 3 heteroatoms. The third-order valence-electron chi connectivity index (χ3n) is 4.34. The van der Waals surface area contributed by atoms with Crippen molar-refractivity contribution < 1.29 is 5.11 Å². The zero-order valence-electron chi connectivity index (χ0n) is 12.8. The molecule has 1 aliphatic rings. The van der Waals surface area contributed by atoms with Crippen LogP contribution in [0.4, 0.5) is 0 Å². The van der Waals surface area contributed by atoms with E-state index < -0.39 is 0 Å². The number of thioether (sulfide) groups is 1. The van der Waals surface area contributed by atoms with E-state index in [-0.39, 0.29) is 0 Å². The summed E-state index contributed by atoms with van der Waals surface area (Å²) in [5, 5.41) is 9.16. The van der Waals surface area contributed by atoms with Crippen LogP contribution in [0.5, 0.6) is 0 Å². The number of rotatable bonds is 6. The van der Waals surface area contributed by atoms with E-state index in [4.69, 9.17) is 5.11 Å². The van der Waals surface area contributed by atoms with E-state index in [1.807, 2.05) is 11.8 Å². The van der Waals surface area contributed by atoms with Crippen molar-refractivity contribution >= 4 is 11.8 Å². The summed E-state index contributed by atoms with van der Waals surface area (Å²) in [5.74, 6) is 1.14. The molecule has 1 aromatic carbocycles. The molecule has 1 N–H and O–H groups in total. The van der Waals surface area contributed by atoms with Crippen LogP contribution in [-0.2, 0) is 0 Å². The van der Waals surface area contributed by atoms with Crippen molar-refractivity contribution in [1.29, 1.82) is 0 Å². The number of nitrogens with zero attached hydrogens (tertiary/aromatic N) is 1. The van der Waals surface area contributed by atoms with Gasteiger partial charge in [-0.2, -0.15) is 0 Å². The average molecular weight is 293 g/mol. The van der Waals surface area contributed by atoms with Crippen molar-refractivity contribution in [2.24, 2.45) is 0 Å². The average Bonchev–Trinajstić information content (AvgIpc) is 2.45. The van der Waals surface area contributed by atoms with Crippen LogP contribution in [-0.4, -0.2) is 41.5 Å². The molecule has 0 amide bonds. The van der Waals surface area contributed by atoms with E-state index in [2.05, 4.69) is 36.9 Å². The summed E-state index contributed by atoms with van der Waals surface area (Å²) in [6.07, 6.45) is 4.84. The molecule has 0 radical (unpaired) electrons. The maximum absolute atomic E-state index is 9.16.